The fourth-order valence-electron chi connectivity index (χ4n) is 5.41. The van der Waals surface area contributed by atoms with Crippen molar-refractivity contribution in [1.82, 2.24) is 4.57 Å². The van der Waals surface area contributed by atoms with E-state index in [1.54, 1.807) is 0 Å². The molecule has 0 saturated heterocycles. The zero-order valence-corrected chi connectivity index (χ0v) is 17.5. The molecule has 1 fully saturated rings. The Morgan fingerprint density at radius 2 is 1.31 bits per heavy atom. The quantitative estimate of drug-likeness (QED) is 0.314. The topological polar surface area (TPSA) is 4.93 Å². The summed E-state index contributed by atoms with van der Waals surface area (Å²) >= 11 is 0. The lowest BCUT2D eigenvalue weighted by Gasteiger charge is -2.26. The van der Waals surface area contributed by atoms with Crippen LogP contribution >= 0.6 is 0 Å². The van der Waals surface area contributed by atoms with Gasteiger partial charge >= 0.3 is 0 Å². The van der Waals surface area contributed by atoms with E-state index < -0.39 is 0 Å². The fourth-order valence-corrected chi connectivity index (χ4v) is 5.41. The van der Waals surface area contributed by atoms with Gasteiger partial charge in [0, 0.05) is 28.1 Å². The Labute approximate surface area is 173 Å². The third kappa shape index (κ3) is 2.83. The molecular weight excluding hydrogens is 350 g/mol. The third-order valence-electron chi connectivity index (χ3n) is 6.55. The Bertz CT molecular complexity index is 1250. The molecule has 4 aromatic rings. The maximum absolute atomic E-state index is 2.69. The lowest BCUT2D eigenvalue weighted by Crippen LogP contribution is -2.14. The van der Waals surface area contributed by atoms with E-state index in [2.05, 4.69) is 91.2 Å². The molecule has 1 aromatic heterocycles. The van der Waals surface area contributed by atoms with Crippen molar-refractivity contribution in [3.8, 4) is 0 Å². The summed E-state index contributed by atoms with van der Waals surface area (Å²) in [6.45, 7) is 4.27. The van der Waals surface area contributed by atoms with Gasteiger partial charge in [0.2, 0.25) is 0 Å². The number of fused-ring (bicyclic) bond motifs is 6. The number of hydrogen-bond donors (Lipinski definition) is 0. The van der Waals surface area contributed by atoms with Crippen molar-refractivity contribution in [2.45, 2.75) is 52.0 Å². The van der Waals surface area contributed by atoms with Crippen molar-refractivity contribution >= 4 is 44.6 Å². The van der Waals surface area contributed by atoms with Crippen LogP contribution in [0.25, 0.3) is 44.6 Å². The minimum atomic E-state index is 0.584. The van der Waals surface area contributed by atoms with Crippen LogP contribution in [0.2, 0.25) is 0 Å². The van der Waals surface area contributed by atoms with E-state index in [-0.39, 0.29) is 0 Å². The number of nitrogens with zero attached hydrogens (tertiary/aromatic N) is 1. The molecule has 1 heteroatoms. The highest BCUT2D eigenvalue weighted by Crippen LogP contribution is 2.44. The second kappa shape index (κ2) is 7.55. The highest BCUT2D eigenvalue weighted by Gasteiger charge is 2.25. The SMILES string of the molecule is C/C=C\c1c(/C=C\C)n(C2CCCCC2)c2c3ccccc3c3ccccc3c12. The maximum Gasteiger partial charge on any atom is 0.0580 e. The highest BCUT2D eigenvalue weighted by atomic mass is 15.0. The number of hydrogen-bond acceptors (Lipinski definition) is 0. The number of allylic oxidation sites excluding steroid dienone is 2. The summed E-state index contributed by atoms with van der Waals surface area (Å²) in [5.41, 5.74) is 4.16. The first kappa shape index (κ1) is 18.2. The van der Waals surface area contributed by atoms with Gasteiger partial charge in [0.15, 0.2) is 0 Å². The minimum Gasteiger partial charge on any atom is -0.337 e. The summed E-state index contributed by atoms with van der Waals surface area (Å²) in [6.07, 6.45) is 15.7. The molecule has 0 amide bonds. The summed E-state index contributed by atoms with van der Waals surface area (Å²) in [4.78, 5) is 0. The molecule has 29 heavy (non-hydrogen) atoms. The molecule has 1 aliphatic carbocycles. The van der Waals surface area contributed by atoms with E-state index in [0.29, 0.717) is 6.04 Å². The maximum atomic E-state index is 2.69. The Morgan fingerprint density at radius 3 is 1.97 bits per heavy atom. The monoisotopic (exact) mass is 379 g/mol. The average Bonchev–Trinajstić information content (AvgIpc) is 3.09. The molecule has 1 aliphatic rings. The summed E-state index contributed by atoms with van der Waals surface area (Å²) in [5.74, 6) is 0. The Hall–Kier alpha value is -2.80. The van der Waals surface area contributed by atoms with Crippen molar-refractivity contribution in [1.29, 1.82) is 0 Å². The summed E-state index contributed by atoms with van der Waals surface area (Å²) in [6, 6.07) is 18.5. The molecule has 1 nitrogen and oxygen atoms in total. The van der Waals surface area contributed by atoms with Crippen LogP contribution in [0.15, 0.2) is 60.7 Å². The molecule has 1 heterocycles. The smallest absolute Gasteiger partial charge is 0.0580 e. The normalized spacial score (nSPS) is 16.2. The minimum absolute atomic E-state index is 0.584. The van der Waals surface area contributed by atoms with Gasteiger partial charge < -0.3 is 4.57 Å². The van der Waals surface area contributed by atoms with Crippen LogP contribution in [0.3, 0.4) is 0 Å². The van der Waals surface area contributed by atoms with Crippen LogP contribution in [0.4, 0.5) is 0 Å². The van der Waals surface area contributed by atoms with E-state index in [9.17, 15) is 0 Å². The second-order valence-corrected chi connectivity index (χ2v) is 8.28. The van der Waals surface area contributed by atoms with Crippen molar-refractivity contribution in [3.63, 3.8) is 0 Å². The van der Waals surface area contributed by atoms with Crippen molar-refractivity contribution in [3.05, 3.63) is 71.9 Å². The van der Waals surface area contributed by atoms with Gasteiger partial charge in [-0.05, 0) is 48.9 Å². The summed E-state index contributed by atoms with van der Waals surface area (Å²) < 4.78 is 2.69. The number of benzene rings is 3. The molecule has 0 aliphatic heterocycles. The van der Waals surface area contributed by atoms with Crippen LogP contribution in [0.1, 0.15) is 63.3 Å². The molecule has 3 aromatic carbocycles. The lowest BCUT2D eigenvalue weighted by atomic mass is 9.94. The van der Waals surface area contributed by atoms with Crippen molar-refractivity contribution in [2.24, 2.45) is 0 Å². The second-order valence-electron chi connectivity index (χ2n) is 8.28. The van der Waals surface area contributed by atoms with E-state index in [1.807, 2.05) is 0 Å². The van der Waals surface area contributed by atoms with Gasteiger partial charge in [0.05, 0.1) is 5.52 Å². The average molecular weight is 380 g/mol. The van der Waals surface area contributed by atoms with E-state index in [0.717, 1.165) is 0 Å². The van der Waals surface area contributed by atoms with E-state index in [4.69, 9.17) is 0 Å². The summed E-state index contributed by atoms with van der Waals surface area (Å²) in [5, 5.41) is 6.89. The van der Waals surface area contributed by atoms with E-state index >= 15 is 0 Å². The molecule has 1 saturated carbocycles. The number of rotatable bonds is 3. The van der Waals surface area contributed by atoms with Gasteiger partial charge in [-0.2, -0.15) is 0 Å². The number of aromatic nitrogens is 1. The van der Waals surface area contributed by atoms with Gasteiger partial charge in [-0.25, -0.2) is 0 Å². The van der Waals surface area contributed by atoms with Gasteiger partial charge in [-0.3, -0.25) is 0 Å². The molecule has 0 atom stereocenters. The van der Waals surface area contributed by atoms with Crippen LogP contribution in [0, 0.1) is 0 Å². The van der Waals surface area contributed by atoms with Crippen LogP contribution < -0.4 is 0 Å². The van der Waals surface area contributed by atoms with Gasteiger partial charge in [0.1, 0.15) is 0 Å². The predicted molar refractivity (Wildman–Crippen MR) is 128 cm³/mol. The first-order valence-electron chi connectivity index (χ1n) is 11.1. The van der Waals surface area contributed by atoms with Crippen LogP contribution in [0.5, 0.6) is 0 Å². The predicted octanol–water partition coefficient (Wildman–Crippen LogP) is 8.52. The largest absolute Gasteiger partial charge is 0.337 e. The molecule has 0 unspecified atom stereocenters. The van der Waals surface area contributed by atoms with Crippen LogP contribution in [-0.2, 0) is 0 Å². The highest BCUT2D eigenvalue weighted by molar-refractivity contribution is 6.27. The zero-order valence-electron chi connectivity index (χ0n) is 17.5. The molecule has 5 rings (SSSR count). The Balaban J connectivity index is 2.06. The van der Waals surface area contributed by atoms with Gasteiger partial charge in [-0.1, -0.05) is 86.0 Å². The van der Waals surface area contributed by atoms with Crippen LogP contribution in [-0.4, -0.2) is 4.57 Å². The van der Waals surface area contributed by atoms with Crippen molar-refractivity contribution in [2.75, 3.05) is 0 Å². The molecular formula is C28H29N. The van der Waals surface area contributed by atoms with Gasteiger partial charge in [-0.15, -0.1) is 0 Å². The molecule has 0 spiro atoms. The van der Waals surface area contributed by atoms with Crippen molar-refractivity contribution < 1.29 is 0 Å². The fraction of sp³-hybridized carbons (Fsp3) is 0.286. The lowest BCUT2D eigenvalue weighted by molar-refractivity contribution is 0.360. The molecule has 146 valence electrons. The first-order chi connectivity index (χ1) is 14.3. The van der Waals surface area contributed by atoms with Gasteiger partial charge in [0.25, 0.3) is 0 Å². The Kier molecular flexibility index (Phi) is 4.75. The summed E-state index contributed by atoms with van der Waals surface area (Å²) in [7, 11) is 0. The molecule has 0 radical (unpaired) electrons. The standard InChI is InChI=1S/C28H29N/c1-3-12-25-26(13-4-2)29(20-14-6-5-7-15-20)28-24-19-11-9-17-22(24)21-16-8-10-18-23(21)27(25)28/h3-4,8-13,16-20H,5-7,14-15H2,1-2H3/b12-3-,13-4-. The molecule has 0 N–H and O–H groups in total. The zero-order chi connectivity index (χ0) is 19.8. The first-order valence-corrected chi connectivity index (χ1v) is 11.1. The third-order valence-corrected chi connectivity index (χ3v) is 6.55. The molecule has 0 bridgehead atoms. The Morgan fingerprint density at radius 1 is 0.724 bits per heavy atom. The van der Waals surface area contributed by atoms with E-state index in [1.165, 1.54) is 75.8 Å².